The topological polar surface area (TPSA) is 52.8 Å². The minimum atomic E-state index is 0.544. The van der Waals surface area contributed by atoms with Crippen LogP contribution in [0.1, 0.15) is 0 Å². The van der Waals surface area contributed by atoms with Crippen molar-refractivity contribution >= 4 is 21.8 Å². The third-order valence-electron chi connectivity index (χ3n) is 7.73. The molecular formula is C39H26N4O. The lowest BCUT2D eigenvalue weighted by molar-refractivity contribution is 0.482. The van der Waals surface area contributed by atoms with Crippen molar-refractivity contribution < 1.29 is 4.74 Å². The summed E-state index contributed by atoms with van der Waals surface area (Å²) in [6.45, 7) is 0. The third-order valence-corrected chi connectivity index (χ3v) is 7.73. The maximum atomic E-state index is 6.79. The smallest absolute Gasteiger partial charge is 0.167 e. The molecule has 0 aliphatic carbocycles. The van der Waals surface area contributed by atoms with E-state index >= 15 is 0 Å². The zero-order valence-corrected chi connectivity index (χ0v) is 23.7. The number of benzene rings is 6. The van der Waals surface area contributed by atoms with Gasteiger partial charge in [0.15, 0.2) is 23.2 Å². The second-order valence-corrected chi connectivity index (χ2v) is 10.5. The monoisotopic (exact) mass is 566 g/mol. The largest absolute Gasteiger partial charge is 0.454 e. The van der Waals surface area contributed by atoms with Crippen molar-refractivity contribution in [1.82, 2.24) is 19.5 Å². The fourth-order valence-electron chi connectivity index (χ4n) is 5.70. The molecule has 0 aliphatic rings. The molecule has 5 heteroatoms. The molecule has 0 saturated heterocycles. The summed E-state index contributed by atoms with van der Waals surface area (Å²) >= 11 is 0. The molecule has 2 aromatic heterocycles. The first kappa shape index (κ1) is 25.6. The predicted molar refractivity (Wildman–Crippen MR) is 177 cm³/mol. The van der Waals surface area contributed by atoms with Gasteiger partial charge in [-0.3, -0.25) is 0 Å². The van der Waals surface area contributed by atoms with Crippen LogP contribution in [0.25, 0.3) is 61.7 Å². The van der Waals surface area contributed by atoms with E-state index in [2.05, 4.69) is 59.2 Å². The molecule has 6 aromatic carbocycles. The van der Waals surface area contributed by atoms with Gasteiger partial charge in [-0.05, 0) is 36.4 Å². The van der Waals surface area contributed by atoms with E-state index in [4.69, 9.17) is 19.7 Å². The van der Waals surface area contributed by atoms with E-state index in [1.54, 1.807) is 0 Å². The summed E-state index contributed by atoms with van der Waals surface area (Å²) in [5.41, 5.74) is 5.81. The molecule has 0 fully saturated rings. The lowest BCUT2D eigenvalue weighted by atomic mass is 10.1. The number of fused-ring (bicyclic) bond motifs is 3. The predicted octanol–water partition coefficient (Wildman–Crippen LogP) is 9.76. The standard InChI is InChI=1S/C39H26N4O/c1-3-15-27(16-4-1)37-40-38(28-17-5-2-6-18-28)42-39(41-37)31-21-9-13-25-35(31)44-36-26-14-12-24-34(36)43-32-22-10-7-19-29(32)30-20-8-11-23-33(30)43/h1-26H. The van der Waals surface area contributed by atoms with Gasteiger partial charge in [-0.15, -0.1) is 0 Å². The van der Waals surface area contributed by atoms with Gasteiger partial charge < -0.3 is 9.30 Å². The van der Waals surface area contributed by atoms with E-state index in [0.717, 1.165) is 39.2 Å². The Kier molecular flexibility index (Phi) is 6.39. The summed E-state index contributed by atoms with van der Waals surface area (Å²) in [5, 5.41) is 2.40. The number of nitrogens with zero attached hydrogens (tertiary/aromatic N) is 4. The number of hydrogen-bond donors (Lipinski definition) is 0. The lowest BCUT2D eigenvalue weighted by Gasteiger charge is -2.16. The Balaban J connectivity index is 1.28. The highest BCUT2D eigenvalue weighted by atomic mass is 16.5. The minimum Gasteiger partial charge on any atom is -0.454 e. The van der Waals surface area contributed by atoms with E-state index in [0.29, 0.717) is 23.2 Å². The molecule has 0 atom stereocenters. The average Bonchev–Trinajstić information content (AvgIpc) is 3.44. The van der Waals surface area contributed by atoms with Crippen molar-refractivity contribution in [2.75, 3.05) is 0 Å². The van der Waals surface area contributed by atoms with Gasteiger partial charge in [0.05, 0.1) is 22.3 Å². The van der Waals surface area contributed by atoms with Crippen molar-refractivity contribution in [3.63, 3.8) is 0 Å². The Morgan fingerprint density at radius 3 is 1.45 bits per heavy atom. The minimum absolute atomic E-state index is 0.544. The highest BCUT2D eigenvalue weighted by Crippen LogP contribution is 2.39. The van der Waals surface area contributed by atoms with Crippen LogP contribution in [0.2, 0.25) is 0 Å². The lowest BCUT2D eigenvalue weighted by Crippen LogP contribution is -2.02. The number of hydrogen-bond acceptors (Lipinski definition) is 4. The van der Waals surface area contributed by atoms with Gasteiger partial charge in [0.25, 0.3) is 0 Å². The van der Waals surface area contributed by atoms with Gasteiger partial charge in [-0.25, -0.2) is 15.0 Å². The second kappa shape index (κ2) is 11.0. The molecule has 8 rings (SSSR count). The van der Waals surface area contributed by atoms with Crippen molar-refractivity contribution in [1.29, 1.82) is 0 Å². The number of para-hydroxylation sites is 5. The van der Waals surface area contributed by atoms with E-state index in [1.165, 1.54) is 10.8 Å². The van der Waals surface area contributed by atoms with E-state index in [9.17, 15) is 0 Å². The Labute approximate surface area is 254 Å². The molecule has 0 radical (unpaired) electrons. The van der Waals surface area contributed by atoms with E-state index in [-0.39, 0.29) is 0 Å². The maximum absolute atomic E-state index is 6.79. The number of rotatable bonds is 6. The SMILES string of the molecule is c1ccc(-c2nc(-c3ccccc3)nc(-c3ccccc3Oc3ccccc3-n3c4ccccc4c4ccccc43)n2)cc1. The summed E-state index contributed by atoms with van der Waals surface area (Å²) < 4.78 is 9.06. The normalized spacial score (nSPS) is 11.2. The number of ether oxygens (including phenoxy) is 1. The van der Waals surface area contributed by atoms with Crippen LogP contribution >= 0.6 is 0 Å². The first-order valence-electron chi connectivity index (χ1n) is 14.6. The molecule has 5 nitrogen and oxygen atoms in total. The fraction of sp³-hybridized carbons (Fsp3) is 0. The zero-order valence-electron chi connectivity index (χ0n) is 23.7. The van der Waals surface area contributed by atoms with Crippen LogP contribution in [0.3, 0.4) is 0 Å². The molecular weight excluding hydrogens is 540 g/mol. The molecule has 0 saturated carbocycles. The van der Waals surface area contributed by atoms with Crippen LogP contribution < -0.4 is 4.74 Å². The van der Waals surface area contributed by atoms with Crippen molar-refractivity contribution in [2.45, 2.75) is 0 Å². The van der Waals surface area contributed by atoms with Gasteiger partial charge in [-0.2, -0.15) is 0 Å². The fourth-order valence-corrected chi connectivity index (χ4v) is 5.70. The van der Waals surface area contributed by atoms with Crippen LogP contribution in [0, 0.1) is 0 Å². The Morgan fingerprint density at radius 1 is 0.386 bits per heavy atom. The van der Waals surface area contributed by atoms with Crippen LogP contribution in [0.4, 0.5) is 0 Å². The van der Waals surface area contributed by atoms with Crippen LogP contribution in [0.15, 0.2) is 158 Å². The van der Waals surface area contributed by atoms with Gasteiger partial charge >= 0.3 is 0 Å². The quantitative estimate of drug-likeness (QED) is 0.201. The molecule has 44 heavy (non-hydrogen) atoms. The van der Waals surface area contributed by atoms with Crippen LogP contribution in [-0.4, -0.2) is 19.5 Å². The Bertz CT molecular complexity index is 2150. The van der Waals surface area contributed by atoms with Gasteiger partial charge in [0.2, 0.25) is 0 Å². The highest BCUT2D eigenvalue weighted by Gasteiger charge is 2.18. The van der Waals surface area contributed by atoms with Crippen molar-refractivity contribution in [2.24, 2.45) is 0 Å². The summed E-state index contributed by atoms with van der Waals surface area (Å²) in [7, 11) is 0. The van der Waals surface area contributed by atoms with Crippen LogP contribution in [-0.2, 0) is 0 Å². The van der Waals surface area contributed by atoms with Gasteiger partial charge in [-0.1, -0.05) is 121 Å². The van der Waals surface area contributed by atoms with E-state index < -0.39 is 0 Å². The summed E-state index contributed by atoms with van der Waals surface area (Å²) in [6, 6.07) is 53.0. The molecule has 0 spiro atoms. The number of aromatic nitrogens is 4. The third kappa shape index (κ3) is 4.57. The zero-order chi connectivity index (χ0) is 29.3. The molecule has 0 bridgehead atoms. The van der Waals surface area contributed by atoms with Gasteiger partial charge in [0.1, 0.15) is 5.75 Å². The summed E-state index contributed by atoms with van der Waals surface area (Å²) in [5.74, 6) is 3.14. The molecule has 208 valence electrons. The summed E-state index contributed by atoms with van der Waals surface area (Å²) in [4.78, 5) is 14.7. The molecule has 2 heterocycles. The maximum Gasteiger partial charge on any atom is 0.167 e. The molecule has 8 aromatic rings. The Morgan fingerprint density at radius 2 is 0.841 bits per heavy atom. The second-order valence-electron chi connectivity index (χ2n) is 10.5. The molecule has 0 amide bonds. The van der Waals surface area contributed by atoms with Crippen molar-refractivity contribution in [3.8, 4) is 51.3 Å². The van der Waals surface area contributed by atoms with Crippen LogP contribution in [0.5, 0.6) is 11.5 Å². The Hall–Kier alpha value is -6.07. The first-order chi connectivity index (χ1) is 21.8. The van der Waals surface area contributed by atoms with Crippen molar-refractivity contribution in [3.05, 3.63) is 158 Å². The highest BCUT2D eigenvalue weighted by molar-refractivity contribution is 6.09. The summed E-state index contributed by atoms with van der Waals surface area (Å²) in [6.07, 6.45) is 0. The van der Waals surface area contributed by atoms with Gasteiger partial charge in [0, 0.05) is 21.9 Å². The van der Waals surface area contributed by atoms with E-state index in [1.807, 2.05) is 103 Å². The molecule has 0 unspecified atom stereocenters. The molecule has 0 N–H and O–H groups in total. The first-order valence-corrected chi connectivity index (χ1v) is 14.6. The average molecular weight is 567 g/mol. The molecule has 0 aliphatic heterocycles.